The summed E-state index contributed by atoms with van der Waals surface area (Å²) in [5.74, 6) is 1.22. The highest BCUT2D eigenvalue weighted by atomic mass is 35.5. The Hall–Kier alpha value is -3.35. The van der Waals surface area contributed by atoms with Gasteiger partial charge in [0.05, 0.1) is 0 Å². The van der Waals surface area contributed by atoms with Crippen molar-refractivity contribution < 1.29 is 14.1 Å². The van der Waals surface area contributed by atoms with Gasteiger partial charge in [0.1, 0.15) is 18.9 Å². The van der Waals surface area contributed by atoms with E-state index in [2.05, 4.69) is 10.1 Å². The molecule has 0 saturated carbocycles. The largest absolute Gasteiger partial charge is 0.489 e. The molecule has 3 aromatic carbocycles. The molecule has 0 N–H and O–H groups in total. The highest BCUT2D eigenvalue weighted by Crippen LogP contribution is 2.22. The van der Waals surface area contributed by atoms with Crippen molar-refractivity contribution in [2.45, 2.75) is 20.1 Å². The van der Waals surface area contributed by atoms with Crippen molar-refractivity contribution in [2.75, 3.05) is 6.54 Å². The molecule has 168 valence electrons. The van der Waals surface area contributed by atoms with Crippen LogP contribution in [0, 0.1) is 0 Å². The van der Waals surface area contributed by atoms with Gasteiger partial charge in [-0.05, 0) is 55.5 Å². The molecule has 1 amide bonds. The summed E-state index contributed by atoms with van der Waals surface area (Å²) in [5, 5.41) is 5.28. The Morgan fingerprint density at radius 2 is 1.82 bits per heavy atom. The predicted octanol–water partition coefficient (Wildman–Crippen LogP) is 6.28. The predicted molar refractivity (Wildman–Crippen MR) is 127 cm³/mol. The molecule has 1 heterocycles. The topological polar surface area (TPSA) is 68.5 Å². The zero-order valence-electron chi connectivity index (χ0n) is 17.9. The number of hydrogen-bond acceptors (Lipinski definition) is 5. The molecule has 8 heteroatoms. The van der Waals surface area contributed by atoms with Crippen LogP contribution in [0.15, 0.2) is 77.3 Å². The van der Waals surface area contributed by atoms with E-state index in [0.717, 1.165) is 11.1 Å². The van der Waals surface area contributed by atoms with E-state index in [1.165, 1.54) is 0 Å². The number of ether oxygens (including phenoxy) is 1. The second kappa shape index (κ2) is 10.5. The number of nitrogens with zero attached hydrogens (tertiary/aromatic N) is 3. The number of halogens is 2. The van der Waals surface area contributed by atoms with E-state index in [9.17, 15) is 4.79 Å². The molecule has 0 atom stereocenters. The maximum absolute atomic E-state index is 13.1. The molecule has 0 aliphatic rings. The molecule has 33 heavy (non-hydrogen) atoms. The van der Waals surface area contributed by atoms with Crippen molar-refractivity contribution in [3.05, 3.63) is 99.9 Å². The van der Waals surface area contributed by atoms with Crippen molar-refractivity contribution in [3.63, 3.8) is 0 Å². The Labute approximate surface area is 201 Å². The van der Waals surface area contributed by atoms with Gasteiger partial charge in [-0.1, -0.05) is 52.6 Å². The number of benzene rings is 3. The number of aromatic nitrogens is 2. The van der Waals surface area contributed by atoms with Gasteiger partial charge in [0, 0.05) is 33.3 Å². The molecule has 0 fully saturated rings. The van der Waals surface area contributed by atoms with Gasteiger partial charge in [-0.2, -0.15) is 4.98 Å². The standard InChI is InChI=1S/C25H21Cl2N3O3/c1-2-30(15-23-28-24(29-33-23)17-10-12-20(26)13-11-17)25(31)18-7-5-8-21(14-18)32-16-19-6-3-4-9-22(19)27/h3-14H,2,15-16H2,1H3. The Bertz CT molecular complexity index is 1240. The van der Waals surface area contributed by atoms with Crippen molar-refractivity contribution in [2.24, 2.45) is 0 Å². The van der Waals surface area contributed by atoms with E-state index >= 15 is 0 Å². The summed E-state index contributed by atoms with van der Waals surface area (Å²) >= 11 is 12.1. The summed E-state index contributed by atoms with van der Waals surface area (Å²) in [6.07, 6.45) is 0. The fourth-order valence-corrected chi connectivity index (χ4v) is 3.52. The van der Waals surface area contributed by atoms with E-state index in [4.69, 9.17) is 32.5 Å². The summed E-state index contributed by atoms with van der Waals surface area (Å²) in [5.41, 5.74) is 2.16. The molecule has 4 rings (SSSR count). The van der Waals surface area contributed by atoms with Crippen molar-refractivity contribution in [1.82, 2.24) is 15.0 Å². The van der Waals surface area contributed by atoms with Gasteiger partial charge in [0.2, 0.25) is 11.7 Å². The minimum absolute atomic E-state index is 0.160. The molecule has 0 aliphatic heterocycles. The Morgan fingerprint density at radius 3 is 2.58 bits per heavy atom. The summed E-state index contributed by atoms with van der Waals surface area (Å²) in [7, 11) is 0. The Morgan fingerprint density at radius 1 is 1.03 bits per heavy atom. The molecular formula is C25H21Cl2N3O3. The molecule has 0 aliphatic carbocycles. The molecule has 0 spiro atoms. The van der Waals surface area contributed by atoms with Gasteiger partial charge in [-0.25, -0.2) is 0 Å². The smallest absolute Gasteiger partial charge is 0.254 e. The molecule has 0 radical (unpaired) electrons. The van der Waals surface area contributed by atoms with Gasteiger partial charge >= 0.3 is 0 Å². The number of amides is 1. The van der Waals surface area contributed by atoms with Crippen LogP contribution >= 0.6 is 23.2 Å². The molecule has 6 nitrogen and oxygen atoms in total. The highest BCUT2D eigenvalue weighted by Gasteiger charge is 2.19. The molecule has 1 aromatic heterocycles. The summed E-state index contributed by atoms with van der Waals surface area (Å²) in [6.45, 7) is 2.87. The quantitative estimate of drug-likeness (QED) is 0.296. The zero-order chi connectivity index (χ0) is 23.2. The first-order valence-corrected chi connectivity index (χ1v) is 11.1. The van der Waals surface area contributed by atoms with E-state index in [0.29, 0.717) is 46.2 Å². The summed E-state index contributed by atoms with van der Waals surface area (Å²) in [6, 6.07) is 21.7. The number of carbonyl (C=O) groups excluding carboxylic acids is 1. The molecular weight excluding hydrogens is 461 g/mol. The summed E-state index contributed by atoms with van der Waals surface area (Å²) < 4.78 is 11.2. The highest BCUT2D eigenvalue weighted by molar-refractivity contribution is 6.31. The lowest BCUT2D eigenvalue weighted by atomic mass is 10.2. The fourth-order valence-electron chi connectivity index (χ4n) is 3.20. The monoisotopic (exact) mass is 481 g/mol. The third-order valence-electron chi connectivity index (χ3n) is 5.00. The fraction of sp³-hybridized carbons (Fsp3) is 0.160. The van der Waals surface area contributed by atoms with E-state index < -0.39 is 0 Å². The van der Waals surface area contributed by atoms with Gasteiger partial charge in [-0.15, -0.1) is 0 Å². The van der Waals surface area contributed by atoms with Crippen molar-refractivity contribution in [1.29, 1.82) is 0 Å². The normalized spacial score (nSPS) is 10.8. The number of rotatable bonds is 8. The van der Waals surface area contributed by atoms with Crippen LogP contribution in [-0.4, -0.2) is 27.5 Å². The average Bonchev–Trinajstić information content (AvgIpc) is 3.31. The van der Waals surface area contributed by atoms with Gasteiger partial charge < -0.3 is 14.2 Å². The average molecular weight is 482 g/mol. The van der Waals surface area contributed by atoms with Crippen LogP contribution in [0.2, 0.25) is 10.0 Å². The van der Waals surface area contributed by atoms with Crippen LogP contribution in [0.3, 0.4) is 0 Å². The SMILES string of the molecule is CCN(Cc1nc(-c2ccc(Cl)cc2)no1)C(=O)c1cccc(OCc2ccccc2Cl)c1. The third kappa shape index (κ3) is 5.72. The van der Waals surface area contributed by atoms with Crippen LogP contribution in [0.5, 0.6) is 5.75 Å². The molecule has 4 aromatic rings. The Kier molecular flexibility index (Phi) is 7.27. The van der Waals surface area contributed by atoms with Crippen molar-refractivity contribution >= 4 is 29.1 Å². The minimum atomic E-state index is -0.160. The second-order valence-corrected chi connectivity index (χ2v) is 8.09. The van der Waals surface area contributed by atoms with E-state index in [-0.39, 0.29) is 12.5 Å². The van der Waals surface area contributed by atoms with Gasteiger partial charge in [0.25, 0.3) is 5.91 Å². The second-order valence-electron chi connectivity index (χ2n) is 7.25. The number of hydrogen-bond donors (Lipinski definition) is 0. The molecule has 0 unspecified atom stereocenters. The van der Waals surface area contributed by atoms with Crippen LogP contribution in [0.25, 0.3) is 11.4 Å². The van der Waals surface area contributed by atoms with Crippen LogP contribution in [0.1, 0.15) is 28.7 Å². The van der Waals surface area contributed by atoms with E-state index in [1.807, 2.05) is 43.3 Å². The van der Waals surface area contributed by atoms with Crippen LogP contribution in [-0.2, 0) is 13.2 Å². The molecule has 0 bridgehead atoms. The lowest BCUT2D eigenvalue weighted by Crippen LogP contribution is -2.30. The Balaban J connectivity index is 1.43. The molecule has 0 saturated heterocycles. The number of carbonyl (C=O) groups is 1. The van der Waals surface area contributed by atoms with Gasteiger partial charge in [-0.3, -0.25) is 4.79 Å². The zero-order valence-corrected chi connectivity index (χ0v) is 19.4. The lowest BCUT2D eigenvalue weighted by Gasteiger charge is -2.19. The first-order valence-electron chi connectivity index (χ1n) is 10.4. The minimum Gasteiger partial charge on any atom is -0.489 e. The first-order chi connectivity index (χ1) is 16.0. The lowest BCUT2D eigenvalue weighted by molar-refractivity contribution is 0.0734. The van der Waals surface area contributed by atoms with Crippen molar-refractivity contribution in [3.8, 4) is 17.1 Å². The van der Waals surface area contributed by atoms with Crippen LogP contribution < -0.4 is 4.74 Å². The third-order valence-corrected chi connectivity index (χ3v) is 5.62. The summed E-state index contributed by atoms with van der Waals surface area (Å²) in [4.78, 5) is 19.2. The maximum Gasteiger partial charge on any atom is 0.254 e. The van der Waals surface area contributed by atoms with Crippen LogP contribution in [0.4, 0.5) is 0 Å². The van der Waals surface area contributed by atoms with E-state index in [1.54, 1.807) is 41.3 Å². The maximum atomic E-state index is 13.1. The first kappa shape index (κ1) is 22.8. The van der Waals surface area contributed by atoms with Gasteiger partial charge in [0.15, 0.2) is 0 Å².